The van der Waals surface area contributed by atoms with Gasteiger partial charge in [-0.1, -0.05) is 25.1 Å². The third-order valence-corrected chi connectivity index (χ3v) is 5.09. The Kier molecular flexibility index (Phi) is 6.19. The minimum absolute atomic E-state index is 0.144. The van der Waals surface area contributed by atoms with Gasteiger partial charge in [-0.25, -0.2) is 0 Å². The van der Waals surface area contributed by atoms with Crippen LogP contribution in [0.3, 0.4) is 0 Å². The van der Waals surface area contributed by atoms with Crippen LogP contribution in [0.1, 0.15) is 24.5 Å². The summed E-state index contributed by atoms with van der Waals surface area (Å²) in [5, 5.41) is 2.87. The van der Waals surface area contributed by atoms with E-state index in [4.69, 9.17) is 9.47 Å². The number of aryl methyl sites for hydroxylation is 1. The highest BCUT2D eigenvalue weighted by atomic mass is 16.5. The van der Waals surface area contributed by atoms with Gasteiger partial charge in [-0.3, -0.25) is 9.59 Å². The van der Waals surface area contributed by atoms with Crippen molar-refractivity contribution in [1.29, 1.82) is 0 Å². The van der Waals surface area contributed by atoms with Gasteiger partial charge in [-0.2, -0.15) is 0 Å². The zero-order valence-corrected chi connectivity index (χ0v) is 16.5. The molecule has 6 nitrogen and oxygen atoms in total. The summed E-state index contributed by atoms with van der Waals surface area (Å²) >= 11 is 0. The van der Waals surface area contributed by atoms with E-state index in [1.54, 1.807) is 25.2 Å². The number of benzene rings is 2. The lowest BCUT2D eigenvalue weighted by Gasteiger charge is -2.17. The van der Waals surface area contributed by atoms with Crippen LogP contribution >= 0.6 is 0 Å². The van der Waals surface area contributed by atoms with E-state index in [1.165, 1.54) is 5.56 Å². The quantitative estimate of drug-likeness (QED) is 0.748. The highest BCUT2D eigenvalue weighted by Crippen LogP contribution is 2.28. The molecular weight excluding hydrogens is 356 g/mol. The van der Waals surface area contributed by atoms with Crippen LogP contribution in [0.25, 0.3) is 0 Å². The van der Waals surface area contributed by atoms with Crippen molar-refractivity contribution < 1.29 is 19.1 Å². The summed E-state index contributed by atoms with van der Waals surface area (Å²) in [5.41, 5.74) is 2.94. The van der Waals surface area contributed by atoms with Crippen LogP contribution in [-0.2, 0) is 22.6 Å². The Balaban J connectivity index is 1.61. The van der Waals surface area contributed by atoms with Gasteiger partial charge in [-0.05, 0) is 48.2 Å². The predicted octanol–water partition coefficient (Wildman–Crippen LogP) is 2.94. The normalized spacial score (nSPS) is 16.2. The number of hydrogen-bond acceptors (Lipinski definition) is 4. The molecule has 28 heavy (non-hydrogen) atoms. The van der Waals surface area contributed by atoms with Crippen molar-refractivity contribution in [2.45, 2.75) is 26.3 Å². The Morgan fingerprint density at radius 1 is 1.07 bits per heavy atom. The van der Waals surface area contributed by atoms with E-state index in [0.29, 0.717) is 31.0 Å². The van der Waals surface area contributed by atoms with Crippen LogP contribution in [0, 0.1) is 5.92 Å². The second-order valence-electron chi connectivity index (χ2n) is 6.76. The monoisotopic (exact) mass is 382 g/mol. The molecule has 0 bridgehead atoms. The van der Waals surface area contributed by atoms with E-state index in [9.17, 15) is 9.59 Å². The van der Waals surface area contributed by atoms with Crippen molar-refractivity contribution in [2.75, 3.05) is 25.7 Å². The molecule has 0 unspecified atom stereocenters. The maximum absolute atomic E-state index is 12.7. The van der Waals surface area contributed by atoms with Crippen molar-refractivity contribution in [3.63, 3.8) is 0 Å². The average molecular weight is 382 g/mol. The van der Waals surface area contributed by atoms with Crippen molar-refractivity contribution >= 4 is 17.5 Å². The smallest absolute Gasteiger partial charge is 0.239 e. The number of ether oxygens (including phenoxy) is 2. The Labute approximate surface area is 165 Å². The van der Waals surface area contributed by atoms with Crippen LogP contribution in [-0.4, -0.2) is 32.6 Å². The van der Waals surface area contributed by atoms with Gasteiger partial charge in [0.25, 0.3) is 0 Å². The van der Waals surface area contributed by atoms with Crippen LogP contribution in [0.2, 0.25) is 0 Å². The molecule has 6 heteroatoms. The van der Waals surface area contributed by atoms with Gasteiger partial charge in [0.15, 0.2) is 11.5 Å². The fourth-order valence-electron chi connectivity index (χ4n) is 3.39. The lowest BCUT2D eigenvalue weighted by Crippen LogP contribution is -2.36. The SMILES string of the molecule is CCc1ccc(N2CC[C@@H](C(=O)NCc3ccc(OC)c(OC)c3)C2=O)cc1. The molecule has 2 amide bonds. The number of rotatable bonds is 7. The summed E-state index contributed by atoms with van der Waals surface area (Å²) in [4.78, 5) is 27.0. The minimum Gasteiger partial charge on any atom is -0.493 e. The van der Waals surface area contributed by atoms with Crippen molar-refractivity contribution in [3.8, 4) is 11.5 Å². The van der Waals surface area contributed by atoms with E-state index in [2.05, 4.69) is 12.2 Å². The zero-order chi connectivity index (χ0) is 20.1. The first kappa shape index (κ1) is 19.7. The molecule has 0 aliphatic carbocycles. The van der Waals surface area contributed by atoms with E-state index >= 15 is 0 Å². The Bertz CT molecular complexity index is 848. The molecule has 1 saturated heterocycles. The second-order valence-corrected chi connectivity index (χ2v) is 6.76. The lowest BCUT2D eigenvalue weighted by atomic mass is 10.1. The molecule has 0 aromatic heterocycles. The standard InChI is InChI=1S/C22H26N2O4/c1-4-15-5-8-17(9-6-15)24-12-11-18(22(24)26)21(25)23-14-16-7-10-19(27-2)20(13-16)28-3/h5-10,13,18H,4,11-12,14H2,1-3H3,(H,23,25)/t18-/m0/s1. The van der Waals surface area contributed by atoms with Gasteiger partial charge in [0.05, 0.1) is 14.2 Å². The van der Waals surface area contributed by atoms with Gasteiger partial charge < -0.3 is 19.7 Å². The van der Waals surface area contributed by atoms with E-state index in [-0.39, 0.29) is 11.8 Å². The fourth-order valence-corrected chi connectivity index (χ4v) is 3.39. The third-order valence-electron chi connectivity index (χ3n) is 5.09. The number of hydrogen-bond donors (Lipinski definition) is 1. The Morgan fingerprint density at radius 2 is 1.75 bits per heavy atom. The maximum Gasteiger partial charge on any atom is 0.239 e. The molecule has 0 radical (unpaired) electrons. The van der Waals surface area contributed by atoms with Crippen LogP contribution < -0.4 is 19.7 Å². The van der Waals surface area contributed by atoms with Gasteiger partial charge in [0.1, 0.15) is 5.92 Å². The molecule has 2 aromatic carbocycles. The van der Waals surface area contributed by atoms with E-state index < -0.39 is 5.92 Å². The molecule has 1 N–H and O–H groups in total. The molecule has 1 atom stereocenters. The number of amides is 2. The largest absolute Gasteiger partial charge is 0.493 e. The number of nitrogens with one attached hydrogen (secondary N) is 1. The average Bonchev–Trinajstić information content (AvgIpc) is 3.13. The number of carbonyl (C=O) groups excluding carboxylic acids is 2. The van der Waals surface area contributed by atoms with Crippen molar-refractivity contribution in [1.82, 2.24) is 5.32 Å². The predicted molar refractivity (Wildman–Crippen MR) is 108 cm³/mol. The van der Waals surface area contributed by atoms with Gasteiger partial charge in [-0.15, -0.1) is 0 Å². The second kappa shape index (κ2) is 8.78. The Morgan fingerprint density at radius 3 is 2.39 bits per heavy atom. The number of methoxy groups -OCH3 is 2. The van der Waals surface area contributed by atoms with Gasteiger partial charge in [0, 0.05) is 18.8 Å². The molecule has 2 aromatic rings. The topological polar surface area (TPSA) is 67.9 Å². The van der Waals surface area contributed by atoms with Crippen molar-refractivity contribution in [2.24, 2.45) is 5.92 Å². The Hall–Kier alpha value is -3.02. The molecule has 1 aliphatic rings. The molecule has 148 valence electrons. The molecule has 3 rings (SSSR count). The van der Waals surface area contributed by atoms with Gasteiger partial charge in [0.2, 0.25) is 11.8 Å². The van der Waals surface area contributed by atoms with Crippen LogP contribution in [0.4, 0.5) is 5.69 Å². The van der Waals surface area contributed by atoms with E-state index in [0.717, 1.165) is 17.7 Å². The minimum atomic E-state index is -0.647. The van der Waals surface area contributed by atoms with Crippen LogP contribution in [0.5, 0.6) is 11.5 Å². The maximum atomic E-state index is 12.7. The molecule has 1 aliphatic heterocycles. The van der Waals surface area contributed by atoms with Crippen molar-refractivity contribution in [3.05, 3.63) is 53.6 Å². The molecule has 1 heterocycles. The first-order valence-corrected chi connectivity index (χ1v) is 9.46. The van der Waals surface area contributed by atoms with Crippen LogP contribution in [0.15, 0.2) is 42.5 Å². The first-order chi connectivity index (χ1) is 13.6. The molecular formula is C22H26N2O4. The highest BCUT2D eigenvalue weighted by Gasteiger charge is 2.37. The highest BCUT2D eigenvalue weighted by molar-refractivity contribution is 6.09. The molecule has 0 saturated carbocycles. The summed E-state index contributed by atoms with van der Waals surface area (Å²) in [7, 11) is 3.14. The fraction of sp³-hybridized carbons (Fsp3) is 0.364. The summed E-state index contributed by atoms with van der Waals surface area (Å²) < 4.78 is 10.5. The third kappa shape index (κ3) is 4.11. The summed E-state index contributed by atoms with van der Waals surface area (Å²) in [6.45, 7) is 2.97. The zero-order valence-electron chi connectivity index (χ0n) is 16.5. The summed E-state index contributed by atoms with van der Waals surface area (Å²) in [5.74, 6) is 0.202. The summed E-state index contributed by atoms with van der Waals surface area (Å²) in [6, 6.07) is 13.4. The van der Waals surface area contributed by atoms with E-state index in [1.807, 2.05) is 36.4 Å². The van der Waals surface area contributed by atoms with Gasteiger partial charge >= 0.3 is 0 Å². The lowest BCUT2D eigenvalue weighted by molar-refractivity contribution is -0.132. The molecule has 1 fully saturated rings. The number of anilines is 1. The first-order valence-electron chi connectivity index (χ1n) is 9.46. The summed E-state index contributed by atoms with van der Waals surface area (Å²) in [6.07, 6.45) is 1.47. The molecule has 0 spiro atoms. The number of carbonyl (C=O) groups is 2. The number of nitrogens with zero attached hydrogens (tertiary/aromatic N) is 1.